The number of anilines is 1. The van der Waals surface area contributed by atoms with Gasteiger partial charge in [0.15, 0.2) is 17.7 Å². The van der Waals surface area contributed by atoms with Gasteiger partial charge in [0.25, 0.3) is 15.0 Å². The number of fused-ring (bicyclic) bond motifs is 1. The molecule has 16 nitrogen and oxygen atoms in total. The number of aromatic nitrogens is 4. The van der Waals surface area contributed by atoms with Crippen LogP contribution in [0.2, 0.25) is 0 Å². The molecule has 0 aliphatic carbocycles. The summed E-state index contributed by atoms with van der Waals surface area (Å²) in [5.74, 6) is 0.0156. The van der Waals surface area contributed by atoms with Crippen molar-refractivity contribution >= 4 is 85.9 Å². The van der Waals surface area contributed by atoms with Gasteiger partial charge in [-0.25, -0.2) is 15.0 Å². The first kappa shape index (κ1) is 29.4. The Labute approximate surface area is 215 Å². The second-order valence-electron chi connectivity index (χ2n) is 7.08. The quantitative estimate of drug-likeness (QED) is 0.156. The molecule has 0 bridgehead atoms. The summed E-state index contributed by atoms with van der Waals surface area (Å²) < 4.78 is 40.2. The first-order valence-electron chi connectivity index (χ1n) is 8.84. The van der Waals surface area contributed by atoms with E-state index >= 15 is 0 Å². The number of hydrogen-bond acceptors (Lipinski definition) is 11. The van der Waals surface area contributed by atoms with Crippen LogP contribution in [0.15, 0.2) is 12.7 Å². The molecule has 0 saturated carbocycles. The highest BCUT2D eigenvalue weighted by Crippen LogP contribution is 2.88. The Balaban J connectivity index is 1.82. The van der Waals surface area contributed by atoms with E-state index in [0.717, 1.165) is 6.33 Å². The second-order valence-corrected chi connectivity index (χ2v) is 18.8. The summed E-state index contributed by atoms with van der Waals surface area (Å²) in [6.07, 6.45) is -4.06. The van der Waals surface area contributed by atoms with E-state index in [1.807, 2.05) is 0 Å². The van der Waals surface area contributed by atoms with Crippen molar-refractivity contribution in [1.29, 1.82) is 0 Å². The third kappa shape index (κ3) is 4.78. The Hall–Kier alpha value is -0.120. The number of ether oxygens (including phenoxy) is 1. The molecule has 2 aromatic rings. The standard InChI is InChI=1S/C12H16Cl4N5O11P3/c13-11(14,34(26,27)28)33(24,25)12(15,16)35(29,30)31-1-4-6(22)7(23)10(32-4)21-3-20-5-8(17)18-2-19-9(5)21/h2-4,6-7,10,22-23H,1H2,(H,24,25)(H,29,30)(H2,17,18,19)(H2,26,27,28)/t4-,6-,7-,10+/m0/s1. The minimum atomic E-state index is -6.04. The summed E-state index contributed by atoms with van der Waals surface area (Å²) >= 11 is 21.7. The first-order chi connectivity index (χ1) is 15.8. The fourth-order valence-corrected chi connectivity index (χ4v) is 10.9. The predicted molar refractivity (Wildman–Crippen MR) is 122 cm³/mol. The molecule has 0 spiro atoms. The Bertz CT molecular complexity index is 1270. The molecule has 1 fully saturated rings. The van der Waals surface area contributed by atoms with Crippen LogP contribution in [-0.2, 0) is 23.0 Å². The van der Waals surface area contributed by atoms with E-state index in [1.165, 1.54) is 10.9 Å². The number of rotatable bonds is 8. The summed E-state index contributed by atoms with van der Waals surface area (Å²) in [6.45, 7) is -1.07. The summed E-state index contributed by atoms with van der Waals surface area (Å²) in [5, 5.41) is 20.7. The van der Waals surface area contributed by atoms with Gasteiger partial charge in [0.2, 0.25) is 0 Å². The maximum Gasteiger partial charge on any atom is 0.374 e. The molecule has 2 unspecified atom stereocenters. The topological polar surface area (TPSA) is 261 Å². The van der Waals surface area contributed by atoms with Crippen LogP contribution in [0.25, 0.3) is 11.2 Å². The van der Waals surface area contributed by atoms with Crippen molar-refractivity contribution in [2.75, 3.05) is 12.3 Å². The van der Waals surface area contributed by atoms with Crippen molar-refractivity contribution in [3.63, 3.8) is 0 Å². The van der Waals surface area contributed by atoms with Crippen molar-refractivity contribution in [1.82, 2.24) is 19.5 Å². The van der Waals surface area contributed by atoms with Gasteiger partial charge in [0.05, 0.1) is 12.9 Å². The zero-order chi connectivity index (χ0) is 26.8. The van der Waals surface area contributed by atoms with E-state index in [0.29, 0.717) is 0 Å². The molecule has 0 amide bonds. The normalized spacial score (nSPS) is 27.6. The lowest BCUT2D eigenvalue weighted by atomic mass is 10.1. The van der Waals surface area contributed by atoms with Gasteiger partial charge in [0, 0.05) is 0 Å². The molecular formula is C12H16Cl4N5O11P3. The highest BCUT2D eigenvalue weighted by Gasteiger charge is 2.73. The van der Waals surface area contributed by atoms with Crippen LogP contribution in [0, 0.1) is 0 Å². The number of aliphatic hydroxyl groups excluding tert-OH is 2. The molecule has 3 heterocycles. The highest BCUT2D eigenvalue weighted by molar-refractivity contribution is 7.91. The van der Waals surface area contributed by atoms with Crippen LogP contribution in [0.1, 0.15) is 6.23 Å². The van der Waals surface area contributed by atoms with E-state index in [9.17, 15) is 33.7 Å². The fourth-order valence-electron chi connectivity index (χ4n) is 2.91. The number of halogens is 4. The number of imidazole rings is 1. The Morgan fingerprint density at radius 1 is 1.03 bits per heavy atom. The summed E-state index contributed by atoms with van der Waals surface area (Å²) in [5.41, 5.74) is 5.96. The van der Waals surface area contributed by atoms with Crippen LogP contribution >= 0.6 is 69.0 Å². The highest BCUT2D eigenvalue weighted by atomic mass is 35.5. The van der Waals surface area contributed by atoms with E-state index < -0.39 is 61.3 Å². The molecule has 6 atom stereocenters. The Morgan fingerprint density at radius 2 is 1.63 bits per heavy atom. The third-order valence-corrected chi connectivity index (χ3v) is 16.7. The van der Waals surface area contributed by atoms with Crippen LogP contribution in [-0.4, -0.2) is 81.9 Å². The molecule has 0 aromatic carbocycles. The van der Waals surface area contributed by atoms with Crippen LogP contribution in [0.5, 0.6) is 0 Å². The number of alkyl halides is 4. The SMILES string of the molecule is Nc1ncnc2c1ncn2[C@@H]1O[C@@H](COP(=O)(O)C(Cl)(Cl)P(=O)(O)C(Cl)(Cl)P(=O)(O)O)[C@H](O)[C@@H]1O. The van der Waals surface area contributed by atoms with Crippen molar-refractivity contribution < 1.29 is 52.7 Å². The van der Waals surface area contributed by atoms with Gasteiger partial charge in [0.1, 0.15) is 30.2 Å². The van der Waals surface area contributed by atoms with Gasteiger partial charge < -0.3 is 44.8 Å². The molecular weight excluding hydrogens is 625 g/mol. The summed E-state index contributed by atoms with van der Waals surface area (Å²) in [4.78, 5) is 50.3. The molecule has 23 heteroatoms. The Morgan fingerprint density at radius 3 is 2.20 bits per heavy atom. The zero-order valence-electron chi connectivity index (χ0n) is 16.6. The van der Waals surface area contributed by atoms with Crippen LogP contribution in [0.4, 0.5) is 5.82 Å². The van der Waals surface area contributed by atoms with Gasteiger partial charge >= 0.3 is 15.2 Å². The van der Waals surface area contributed by atoms with E-state index in [1.54, 1.807) is 0 Å². The monoisotopic (exact) mass is 639 g/mol. The lowest BCUT2D eigenvalue weighted by Crippen LogP contribution is -2.34. The lowest BCUT2D eigenvalue weighted by Gasteiger charge is -2.35. The van der Waals surface area contributed by atoms with Gasteiger partial charge in [-0.3, -0.25) is 18.3 Å². The van der Waals surface area contributed by atoms with Crippen molar-refractivity contribution in [2.24, 2.45) is 0 Å². The van der Waals surface area contributed by atoms with E-state index in [-0.39, 0.29) is 17.0 Å². The lowest BCUT2D eigenvalue weighted by molar-refractivity contribution is -0.0485. The Kier molecular flexibility index (Phi) is 8.04. The molecule has 3 rings (SSSR count). The maximum atomic E-state index is 12.6. The van der Waals surface area contributed by atoms with Crippen molar-refractivity contribution in [2.45, 2.75) is 32.2 Å². The predicted octanol–water partition coefficient (Wildman–Crippen LogP) is 0.856. The molecule has 1 saturated heterocycles. The van der Waals surface area contributed by atoms with Crippen molar-refractivity contribution in [3.05, 3.63) is 12.7 Å². The summed E-state index contributed by atoms with van der Waals surface area (Å²) in [6, 6.07) is 0. The molecule has 0 radical (unpaired) electrons. The average Bonchev–Trinajstić information content (AvgIpc) is 3.28. The molecule has 1 aliphatic rings. The average molecular weight is 641 g/mol. The first-order valence-corrected chi connectivity index (χ1v) is 15.2. The number of hydrogen-bond donors (Lipinski definition) is 7. The minimum Gasteiger partial charge on any atom is -0.387 e. The van der Waals surface area contributed by atoms with E-state index in [2.05, 4.69) is 19.5 Å². The largest absolute Gasteiger partial charge is 0.387 e. The number of nitrogens with two attached hydrogens (primary N) is 1. The fraction of sp³-hybridized carbons (Fsp3) is 0.583. The van der Waals surface area contributed by atoms with Gasteiger partial charge in [-0.2, -0.15) is 0 Å². The van der Waals surface area contributed by atoms with E-state index in [4.69, 9.17) is 66.7 Å². The van der Waals surface area contributed by atoms with Crippen LogP contribution < -0.4 is 5.73 Å². The van der Waals surface area contributed by atoms with Crippen LogP contribution in [0.3, 0.4) is 0 Å². The zero-order valence-corrected chi connectivity index (χ0v) is 22.3. The van der Waals surface area contributed by atoms with Crippen molar-refractivity contribution in [3.8, 4) is 0 Å². The number of nitrogen functional groups attached to an aromatic ring is 1. The third-order valence-electron chi connectivity index (χ3n) is 4.83. The van der Waals surface area contributed by atoms with Gasteiger partial charge in [-0.15, -0.1) is 0 Å². The second kappa shape index (κ2) is 9.57. The molecule has 198 valence electrons. The van der Waals surface area contributed by atoms with Gasteiger partial charge in [-0.1, -0.05) is 46.4 Å². The minimum absolute atomic E-state index is 0.0156. The van der Waals surface area contributed by atoms with Gasteiger partial charge in [-0.05, 0) is 0 Å². The molecule has 8 N–H and O–H groups in total. The summed E-state index contributed by atoms with van der Waals surface area (Å²) in [7, 11) is -17.6. The number of aliphatic hydroxyl groups is 2. The maximum absolute atomic E-state index is 12.6. The number of nitrogens with zero attached hydrogens (tertiary/aromatic N) is 4. The molecule has 35 heavy (non-hydrogen) atoms. The molecule has 1 aliphatic heterocycles. The smallest absolute Gasteiger partial charge is 0.374 e. The molecule has 2 aromatic heterocycles.